The number of hydrogen-bond acceptors (Lipinski definition) is 14. The molecule has 0 aliphatic heterocycles. The van der Waals surface area contributed by atoms with E-state index < -0.39 is 70.8 Å². The van der Waals surface area contributed by atoms with Gasteiger partial charge in [-0.15, -0.1) is 0 Å². The minimum atomic E-state index is -1.05. The Hall–Kier alpha value is -6.46. The van der Waals surface area contributed by atoms with Crippen molar-refractivity contribution < 1.29 is 57.2 Å². The zero-order valence-electron chi connectivity index (χ0n) is 45.4. The smallest absolute Gasteiger partial charge is 0.408 e. The Morgan fingerprint density at radius 1 is 0.486 bits per heavy atom. The Labute approximate surface area is 428 Å². The van der Waals surface area contributed by atoms with Gasteiger partial charge in [-0.3, -0.25) is 0 Å². The molecule has 2 aromatic rings. The summed E-state index contributed by atoms with van der Waals surface area (Å²) in [6.45, 7) is 21.7. The number of esters is 2. The molecule has 0 spiro atoms. The number of nitrogens with zero attached hydrogens (tertiary/aromatic N) is 2. The Bertz CT molecular complexity index is 1970. The van der Waals surface area contributed by atoms with Gasteiger partial charge in [-0.1, -0.05) is 48.6 Å². The molecule has 0 fully saturated rings. The lowest BCUT2D eigenvalue weighted by Crippen LogP contribution is -2.45. The minimum absolute atomic E-state index is 0.0956. The molecular weight excluding hydrogens is 925 g/mol. The molecule has 4 N–H and O–H groups in total. The third-order valence-corrected chi connectivity index (χ3v) is 9.69. The molecule has 0 aliphatic rings. The van der Waals surface area contributed by atoms with E-state index in [1.807, 2.05) is 72.5 Å². The van der Waals surface area contributed by atoms with Crippen LogP contribution in [0.25, 0.3) is 12.2 Å². The number of anilines is 2. The Kier molecular flexibility index (Phi) is 25.5. The van der Waals surface area contributed by atoms with E-state index >= 15 is 0 Å². The van der Waals surface area contributed by atoms with Gasteiger partial charge in [-0.25, -0.2) is 28.8 Å². The number of benzene rings is 2. The summed E-state index contributed by atoms with van der Waals surface area (Å²) in [4.78, 5) is 81.0. The molecule has 2 unspecified atom stereocenters. The van der Waals surface area contributed by atoms with Gasteiger partial charge in [-0.2, -0.15) is 0 Å². The van der Waals surface area contributed by atoms with Gasteiger partial charge in [0.2, 0.25) is 0 Å². The first kappa shape index (κ1) is 61.7. The number of carbonyl (C=O) groups is 6. The number of carbonyl (C=O) groups excluding carboxylic acids is 6. The molecule has 0 heterocycles. The van der Waals surface area contributed by atoms with Crippen molar-refractivity contribution >= 4 is 59.8 Å². The predicted molar refractivity (Wildman–Crippen MR) is 282 cm³/mol. The predicted octanol–water partition coefficient (Wildman–Crippen LogP) is 9.55. The van der Waals surface area contributed by atoms with E-state index in [0.717, 1.165) is 22.5 Å². The number of ether oxygens (including phenoxy) is 6. The van der Waals surface area contributed by atoms with Crippen LogP contribution < -0.4 is 31.1 Å². The van der Waals surface area contributed by atoms with Crippen LogP contribution >= 0.6 is 0 Å². The highest BCUT2D eigenvalue weighted by Gasteiger charge is 2.28. The van der Waals surface area contributed by atoms with Crippen LogP contribution in [0, 0.1) is 0 Å². The van der Waals surface area contributed by atoms with Gasteiger partial charge < -0.3 is 59.5 Å². The molecular formula is C54H84N6O12. The molecule has 0 saturated heterocycles. The van der Waals surface area contributed by atoms with E-state index in [-0.39, 0.29) is 39.1 Å². The summed E-state index contributed by atoms with van der Waals surface area (Å²) in [5.41, 5.74) is 0.937. The van der Waals surface area contributed by atoms with Crippen molar-refractivity contribution in [3.05, 3.63) is 71.8 Å². The van der Waals surface area contributed by atoms with Gasteiger partial charge in [-0.05, 0) is 157 Å². The maximum Gasteiger partial charge on any atom is 0.408 e. The van der Waals surface area contributed by atoms with Crippen molar-refractivity contribution in [3.63, 3.8) is 0 Å². The highest BCUT2D eigenvalue weighted by Crippen LogP contribution is 2.19. The fourth-order valence-electron chi connectivity index (χ4n) is 6.45. The average Bonchev–Trinajstić information content (AvgIpc) is 3.24. The molecule has 2 atom stereocenters. The second-order valence-electron chi connectivity index (χ2n) is 21.4. The van der Waals surface area contributed by atoms with Crippen molar-refractivity contribution in [1.29, 1.82) is 0 Å². The number of rotatable bonds is 25. The Morgan fingerprint density at radius 3 is 1.15 bits per heavy atom. The molecule has 0 bridgehead atoms. The van der Waals surface area contributed by atoms with E-state index in [1.165, 1.54) is 0 Å². The van der Waals surface area contributed by atoms with Crippen LogP contribution in [-0.4, -0.2) is 124 Å². The summed E-state index contributed by atoms with van der Waals surface area (Å²) >= 11 is 0. The quantitative estimate of drug-likeness (QED) is 0.0316. The highest BCUT2D eigenvalue weighted by molar-refractivity contribution is 5.82. The summed E-state index contributed by atoms with van der Waals surface area (Å²) in [5.74, 6) is -1.35. The van der Waals surface area contributed by atoms with Crippen LogP contribution in [0.1, 0.15) is 133 Å². The van der Waals surface area contributed by atoms with Gasteiger partial charge >= 0.3 is 36.3 Å². The van der Waals surface area contributed by atoms with Crippen LogP contribution in [0.15, 0.2) is 60.7 Å². The van der Waals surface area contributed by atoms with Crippen molar-refractivity contribution in [2.45, 2.75) is 156 Å². The maximum atomic E-state index is 13.6. The molecule has 18 nitrogen and oxygen atoms in total. The zero-order valence-corrected chi connectivity index (χ0v) is 45.4. The first-order valence-electron chi connectivity index (χ1n) is 24.7. The molecule has 0 aromatic heterocycles. The van der Waals surface area contributed by atoms with Gasteiger partial charge in [0.1, 0.15) is 47.7 Å². The second kappa shape index (κ2) is 29.8. The first-order chi connectivity index (χ1) is 33.5. The van der Waals surface area contributed by atoms with E-state index in [1.54, 1.807) is 83.1 Å². The van der Waals surface area contributed by atoms with E-state index in [2.05, 4.69) is 45.5 Å². The summed E-state index contributed by atoms with van der Waals surface area (Å²) in [7, 11) is 4.00. The molecule has 72 heavy (non-hydrogen) atoms. The molecule has 18 heteroatoms. The standard InChI is InChI=1S/C54H84N6O12/c1-51(2,3)69-47(63)55-33-19-17-23-43(57-49(65)71-53(7,8)9)45(61)67-37-35-60(42-31-27-40(28-32-42)22-16-15-21-39-25-29-41(30-26-39)59(13)14)36-38-68-46(62)44(58-50(66)72-54(10,11)12)24-18-20-34-56-48(64)70-52(4,5)6/h15-16,21-22,25-32,43-44H,17-20,23-24,33-38H2,1-14H3,(H,55,63)(H,56,64)(H,57,65)(H,58,66)/b21-15+,22-16+. The lowest BCUT2D eigenvalue weighted by Gasteiger charge is -2.26. The topological polar surface area (TPSA) is 212 Å². The largest absolute Gasteiger partial charge is 0.462 e. The minimum Gasteiger partial charge on any atom is -0.462 e. The first-order valence-corrected chi connectivity index (χ1v) is 24.7. The number of alkyl carbamates (subject to hydrolysis) is 4. The molecule has 402 valence electrons. The highest BCUT2D eigenvalue weighted by atomic mass is 16.6. The fourth-order valence-corrected chi connectivity index (χ4v) is 6.45. The SMILES string of the molecule is CN(C)c1ccc(/C=C/C=C/c2ccc(N(CCOC(=O)C(CCCCNC(=O)OC(C)(C)C)NC(=O)OC(C)(C)C)CCOC(=O)C(CCCCNC(=O)OC(C)(C)C)NC(=O)OC(C)(C)C)cc2)cc1. The number of unbranched alkanes of at least 4 members (excludes halogenated alkanes) is 2. The monoisotopic (exact) mass is 1010 g/mol. The van der Waals surface area contributed by atoms with Crippen LogP contribution in [-0.2, 0) is 38.0 Å². The normalized spacial score (nSPS) is 12.8. The molecule has 2 rings (SSSR count). The Balaban J connectivity index is 2.25. The van der Waals surface area contributed by atoms with E-state index in [9.17, 15) is 28.8 Å². The number of nitrogens with one attached hydrogen (secondary N) is 4. The molecule has 0 radical (unpaired) electrons. The van der Waals surface area contributed by atoms with Crippen molar-refractivity contribution in [3.8, 4) is 0 Å². The fraction of sp³-hybridized carbons (Fsp3) is 0.593. The van der Waals surface area contributed by atoms with Gasteiger partial charge in [0, 0.05) is 38.6 Å². The van der Waals surface area contributed by atoms with Crippen molar-refractivity contribution in [1.82, 2.24) is 21.3 Å². The summed E-state index contributed by atoms with van der Waals surface area (Å²) in [5, 5.41) is 10.7. The summed E-state index contributed by atoms with van der Waals surface area (Å²) in [6, 6.07) is 13.8. The van der Waals surface area contributed by atoms with Gasteiger partial charge in [0.05, 0.1) is 13.1 Å². The third kappa shape index (κ3) is 29.0. The molecule has 0 aliphatic carbocycles. The van der Waals surface area contributed by atoms with Crippen molar-refractivity contribution in [2.24, 2.45) is 0 Å². The maximum absolute atomic E-state index is 13.6. The van der Waals surface area contributed by atoms with Crippen LogP contribution in [0.2, 0.25) is 0 Å². The summed E-state index contributed by atoms with van der Waals surface area (Å²) < 4.78 is 33.0. The summed E-state index contributed by atoms with van der Waals surface area (Å²) in [6.07, 6.45) is 7.56. The third-order valence-electron chi connectivity index (χ3n) is 9.69. The average molecular weight is 1010 g/mol. The van der Waals surface area contributed by atoms with Crippen LogP contribution in [0.3, 0.4) is 0 Å². The van der Waals surface area contributed by atoms with Gasteiger partial charge in [0.15, 0.2) is 0 Å². The molecule has 0 saturated carbocycles. The molecule has 2 aromatic carbocycles. The number of amides is 4. The molecule has 4 amide bonds. The lowest BCUT2D eigenvalue weighted by molar-refractivity contribution is -0.146. The van der Waals surface area contributed by atoms with Crippen LogP contribution in [0.4, 0.5) is 30.6 Å². The van der Waals surface area contributed by atoms with Crippen LogP contribution in [0.5, 0.6) is 0 Å². The van der Waals surface area contributed by atoms with Crippen molar-refractivity contribution in [2.75, 3.05) is 63.3 Å². The van der Waals surface area contributed by atoms with E-state index in [0.29, 0.717) is 38.8 Å². The zero-order chi connectivity index (χ0) is 54.1. The Morgan fingerprint density at radius 2 is 0.819 bits per heavy atom. The number of hydrogen-bond donors (Lipinski definition) is 4. The number of allylic oxidation sites excluding steroid dienone is 2. The van der Waals surface area contributed by atoms with E-state index in [4.69, 9.17) is 28.4 Å². The second-order valence-corrected chi connectivity index (χ2v) is 21.4. The lowest BCUT2D eigenvalue weighted by atomic mass is 10.1. The van der Waals surface area contributed by atoms with Gasteiger partial charge in [0.25, 0.3) is 0 Å².